The van der Waals surface area contributed by atoms with Gasteiger partial charge in [-0.3, -0.25) is 19.1 Å². The van der Waals surface area contributed by atoms with Crippen molar-refractivity contribution in [1.82, 2.24) is 24.3 Å². The van der Waals surface area contributed by atoms with Gasteiger partial charge in [-0.05, 0) is 6.92 Å². The van der Waals surface area contributed by atoms with E-state index in [1.807, 2.05) is 18.5 Å². The number of thiazole rings is 1. The molecule has 1 N–H and O–H groups in total. The Balaban J connectivity index is 1.64. The fourth-order valence-corrected chi connectivity index (χ4v) is 4.44. The molecular formula is C15H17N5O3S2. The number of H-pyrrole nitrogens is 1. The summed E-state index contributed by atoms with van der Waals surface area (Å²) in [6.45, 7) is 3.82. The van der Waals surface area contributed by atoms with Gasteiger partial charge in [-0.15, -0.1) is 11.3 Å². The first-order chi connectivity index (χ1) is 11.8. The molecule has 10 heteroatoms. The Hall–Kier alpha value is -2.04. The van der Waals surface area contributed by atoms with E-state index in [1.54, 1.807) is 11.3 Å². The van der Waals surface area contributed by atoms with Crippen LogP contribution in [0.15, 0.2) is 21.5 Å². The molecule has 25 heavy (non-hydrogen) atoms. The second-order valence-corrected chi connectivity index (χ2v) is 9.03. The number of rotatable bonds is 3. The van der Waals surface area contributed by atoms with Gasteiger partial charge in [0, 0.05) is 43.9 Å². The molecule has 0 spiro atoms. The van der Waals surface area contributed by atoms with Gasteiger partial charge in [0.25, 0.3) is 5.56 Å². The minimum absolute atomic E-state index is 0.253. The number of hydrogen-bond acceptors (Lipinski definition) is 7. The lowest BCUT2D eigenvalue weighted by Gasteiger charge is -2.27. The fraction of sp³-hybridized carbons (Fsp3) is 0.400. The van der Waals surface area contributed by atoms with Crippen LogP contribution in [-0.2, 0) is 29.3 Å². The van der Waals surface area contributed by atoms with Crippen molar-refractivity contribution in [3.8, 4) is 0 Å². The summed E-state index contributed by atoms with van der Waals surface area (Å²) in [7, 11) is -3.53. The van der Waals surface area contributed by atoms with Crippen LogP contribution in [0.3, 0.4) is 0 Å². The molecule has 0 saturated carbocycles. The molecule has 0 atom stereocenters. The summed E-state index contributed by atoms with van der Waals surface area (Å²) in [4.78, 5) is 26.5. The normalized spacial score (nSPS) is 15.6. The summed E-state index contributed by atoms with van der Waals surface area (Å²) in [6, 6.07) is 0. The van der Waals surface area contributed by atoms with Crippen LogP contribution >= 0.6 is 11.3 Å². The molecule has 0 saturated heterocycles. The molecule has 8 nitrogen and oxygen atoms in total. The summed E-state index contributed by atoms with van der Waals surface area (Å²) in [6.07, 6.45) is 3.59. The molecule has 3 aromatic heterocycles. The number of fused-ring (bicyclic) bond motifs is 2. The number of nitrogens with one attached hydrogen (secondary N) is 1. The Kier molecular flexibility index (Phi) is 3.78. The maximum atomic E-state index is 12.3. The van der Waals surface area contributed by atoms with Crippen LogP contribution in [0.2, 0.25) is 0 Å². The van der Waals surface area contributed by atoms with Crippen molar-refractivity contribution in [3.63, 3.8) is 0 Å². The van der Waals surface area contributed by atoms with Gasteiger partial charge in [0.15, 0.2) is 4.96 Å². The molecule has 1 aliphatic heterocycles. The quantitative estimate of drug-likeness (QED) is 0.674. The van der Waals surface area contributed by atoms with E-state index in [9.17, 15) is 13.2 Å². The average Bonchev–Trinajstić information content (AvgIpc) is 3.09. The number of aromatic amines is 1. The second-order valence-electron chi connectivity index (χ2n) is 6.23. The van der Waals surface area contributed by atoms with Crippen molar-refractivity contribution in [2.45, 2.75) is 31.6 Å². The van der Waals surface area contributed by atoms with E-state index >= 15 is 0 Å². The number of sulfone groups is 1. The Morgan fingerprint density at radius 2 is 2.16 bits per heavy atom. The lowest BCUT2D eigenvalue weighted by Crippen LogP contribution is -2.36. The van der Waals surface area contributed by atoms with Gasteiger partial charge in [0.1, 0.15) is 0 Å². The van der Waals surface area contributed by atoms with Gasteiger partial charge in [0.05, 0.1) is 22.6 Å². The first-order valence-electron chi connectivity index (χ1n) is 7.78. The van der Waals surface area contributed by atoms with Crippen molar-refractivity contribution in [2.24, 2.45) is 0 Å². The highest BCUT2D eigenvalue weighted by atomic mass is 32.2. The second kappa shape index (κ2) is 5.75. The average molecular weight is 379 g/mol. The summed E-state index contributed by atoms with van der Waals surface area (Å²) >= 11 is 1.59. The van der Waals surface area contributed by atoms with Crippen molar-refractivity contribution in [1.29, 1.82) is 0 Å². The highest BCUT2D eigenvalue weighted by molar-refractivity contribution is 7.90. The van der Waals surface area contributed by atoms with Gasteiger partial charge >= 0.3 is 0 Å². The number of hydrogen-bond donors (Lipinski definition) is 1. The predicted molar refractivity (Wildman–Crippen MR) is 93.6 cm³/mol. The molecule has 0 aliphatic carbocycles. The van der Waals surface area contributed by atoms with Crippen molar-refractivity contribution >= 4 is 26.1 Å². The molecular weight excluding hydrogens is 362 g/mol. The van der Waals surface area contributed by atoms with Crippen LogP contribution in [0.1, 0.15) is 22.6 Å². The maximum Gasteiger partial charge on any atom is 0.256 e. The van der Waals surface area contributed by atoms with Crippen molar-refractivity contribution < 1.29 is 8.42 Å². The molecule has 0 unspecified atom stereocenters. The standard InChI is InChI=1S/C15H17N5O3S2/c1-9-12(20-5-6-24-15(20)16-9)8-19-4-3-11-10(7-19)13(21)18-14(17-11)25(2,22)23/h5-6H,3-4,7-8H2,1-2H3,(H,17,18,21). The molecule has 132 valence electrons. The van der Waals surface area contributed by atoms with Gasteiger partial charge in [-0.1, -0.05) is 0 Å². The SMILES string of the molecule is Cc1nc2sccn2c1CN1CCc2nc(S(C)(=O)=O)[nH]c(=O)c2C1. The molecule has 4 rings (SSSR count). The molecule has 0 bridgehead atoms. The lowest BCUT2D eigenvalue weighted by molar-refractivity contribution is 0.237. The van der Waals surface area contributed by atoms with E-state index in [4.69, 9.17) is 0 Å². The molecule has 0 amide bonds. The first kappa shape index (κ1) is 16.4. The smallest absolute Gasteiger partial charge is 0.256 e. The number of aromatic nitrogens is 4. The van der Waals surface area contributed by atoms with E-state index in [0.717, 1.165) is 22.6 Å². The largest absolute Gasteiger partial charge is 0.297 e. The zero-order valence-corrected chi connectivity index (χ0v) is 15.4. The van der Waals surface area contributed by atoms with Gasteiger partial charge < -0.3 is 0 Å². The zero-order chi connectivity index (χ0) is 17.8. The molecule has 0 radical (unpaired) electrons. The monoisotopic (exact) mass is 379 g/mol. The summed E-state index contributed by atoms with van der Waals surface area (Å²) < 4.78 is 25.3. The Morgan fingerprint density at radius 3 is 2.92 bits per heavy atom. The Morgan fingerprint density at radius 1 is 1.36 bits per heavy atom. The van der Waals surface area contributed by atoms with E-state index in [-0.39, 0.29) is 10.7 Å². The summed E-state index contributed by atoms with van der Waals surface area (Å²) in [5.74, 6) is 0. The van der Waals surface area contributed by atoms with Crippen LogP contribution in [0.25, 0.3) is 4.96 Å². The van der Waals surface area contributed by atoms with Crippen LogP contribution in [0.4, 0.5) is 0 Å². The number of imidazole rings is 1. The highest BCUT2D eigenvalue weighted by Crippen LogP contribution is 2.21. The van der Waals surface area contributed by atoms with E-state index < -0.39 is 9.84 Å². The molecule has 3 aromatic rings. The third-order valence-corrected chi connectivity index (χ3v) is 6.06. The molecule has 0 aromatic carbocycles. The molecule has 4 heterocycles. The topological polar surface area (TPSA) is 100 Å². The minimum Gasteiger partial charge on any atom is -0.297 e. The third-order valence-electron chi connectivity index (χ3n) is 4.41. The van der Waals surface area contributed by atoms with Crippen LogP contribution in [-0.4, -0.2) is 45.5 Å². The van der Waals surface area contributed by atoms with Crippen molar-refractivity contribution in [2.75, 3.05) is 12.8 Å². The van der Waals surface area contributed by atoms with E-state index in [1.165, 1.54) is 0 Å². The minimum atomic E-state index is -3.53. The number of nitrogens with zero attached hydrogens (tertiary/aromatic N) is 4. The fourth-order valence-electron chi connectivity index (χ4n) is 3.11. The Labute approximate surface area is 148 Å². The van der Waals surface area contributed by atoms with Gasteiger partial charge in [-0.2, -0.15) is 0 Å². The van der Waals surface area contributed by atoms with E-state index in [0.29, 0.717) is 37.3 Å². The number of aryl methyl sites for hydroxylation is 1. The van der Waals surface area contributed by atoms with Crippen molar-refractivity contribution in [3.05, 3.63) is 44.6 Å². The molecule has 0 fully saturated rings. The third kappa shape index (κ3) is 2.90. The zero-order valence-electron chi connectivity index (χ0n) is 13.8. The summed E-state index contributed by atoms with van der Waals surface area (Å²) in [5.41, 5.74) is 2.84. The van der Waals surface area contributed by atoms with Crippen LogP contribution < -0.4 is 5.56 Å². The predicted octanol–water partition coefficient (Wildman–Crippen LogP) is 0.749. The Bertz CT molecular complexity index is 1130. The lowest BCUT2D eigenvalue weighted by atomic mass is 10.1. The van der Waals surface area contributed by atoms with E-state index in [2.05, 4.69) is 24.3 Å². The molecule has 1 aliphatic rings. The summed E-state index contributed by atoms with van der Waals surface area (Å²) in [5, 5.41) is 1.74. The highest BCUT2D eigenvalue weighted by Gasteiger charge is 2.24. The van der Waals surface area contributed by atoms with Crippen LogP contribution in [0, 0.1) is 6.92 Å². The first-order valence-corrected chi connectivity index (χ1v) is 10.6. The maximum absolute atomic E-state index is 12.3. The van der Waals surface area contributed by atoms with Crippen LogP contribution in [0.5, 0.6) is 0 Å². The van der Waals surface area contributed by atoms with Gasteiger partial charge in [-0.25, -0.2) is 18.4 Å². The van der Waals surface area contributed by atoms with Gasteiger partial charge in [0.2, 0.25) is 15.0 Å².